The van der Waals surface area contributed by atoms with Crippen LogP contribution in [0.2, 0.25) is 0 Å². The van der Waals surface area contributed by atoms with Gasteiger partial charge in [0.15, 0.2) is 0 Å². The zero-order chi connectivity index (χ0) is 21.3. The molecule has 2 nitrogen and oxygen atoms in total. The van der Waals surface area contributed by atoms with Crippen LogP contribution < -0.4 is 0 Å². The van der Waals surface area contributed by atoms with E-state index < -0.39 is 5.60 Å². The minimum absolute atomic E-state index is 0.145. The van der Waals surface area contributed by atoms with Crippen molar-refractivity contribution < 1.29 is 9.50 Å². The second-order valence-electron chi connectivity index (χ2n) is 8.77. The Morgan fingerprint density at radius 1 is 0.900 bits per heavy atom. The molecule has 1 N–H and O–H groups in total. The van der Waals surface area contributed by atoms with Gasteiger partial charge in [-0.25, -0.2) is 4.39 Å². The molecule has 0 aliphatic carbocycles. The maximum atomic E-state index is 14.1. The molecule has 3 aromatic rings. The lowest BCUT2D eigenvalue weighted by molar-refractivity contribution is -0.0309. The Morgan fingerprint density at radius 3 is 1.90 bits per heavy atom. The van der Waals surface area contributed by atoms with Crippen molar-refractivity contribution in [3.05, 3.63) is 106 Å². The second kappa shape index (κ2) is 8.62. The summed E-state index contributed by atoms with van der Waals surface area (Å²) in [6.45, 7) is 5.34. The fourth-order valence-electron chi connectivity index (χ4n) is 4.87. The van der Waals surface area contributed by atoms with E-state index in [0.717, 1.165) is 18.7 Å². The number of benzene rings is 3. The van der Waals surface area contributed by atoms with Crippen LogP contribution in [0, 0.1) is 11.7 Å². The van der Waals surface area contributed by atoms with E-state index >= 15 is 0 Å². The summed E-state index contributed by atoms with van der Waals surface area (Å²) in [6.07, 6.45) is 0. The molecule has 4 heteroatoms. The predicted octanol–water partition coefficient (Wildman–Crippen LogP) is 6.16. The molecule has 0 saturated carbocycles. The number of halogens is 2. The van der Waals surface area contributed by atoms with Crippen molar-refractivity contribution in [2.24, 2.45) is 5.92 Å². The maximum absolute atomic E-state index is 14.1. The molecule has 1 saturated heterocycles. The molecule has 1 unspecified atom stereocenters. The van der Waals surface area contributed by atoms with Crippen LogP contribution in [0.4, 0.5) is 4.39 Å². The molecule has 1 atom stereocenters. The molecule has 0 bridgehead atoms. The first-order valence-electron chi connectivity index (χ1n) is 10.4. The van der Waals surface area contributed by atoms with Crippen LogP contribution >= 0.6 is 15.9 Å². The highest BCUT2D eigenvalue weighted by molar-refractivity contribution is 9.10. The highest BCUT2D eigenvalue weighted by Gasteiger charge is 2.44. The summed E-state index contributed by atoms with van der Waals surface area (Å²) in [5, 5.41) is 11.0. The van der Waals surface area contributed by atoms with Crippen LogP contribution in [0.3, 0.4) is 0 Å². The number of rotatable bonds is 6. The van der Waals surface area contributed by atoms with Gasteiger partial charge < -0.3 is 5.11 Å². The van der Waals surface area contributed by atoms with Crippen LogP contribution in [-0.2, 0) is 0 Å². The summed E-state index contributed by atoms with van der Waals surface area (Å²) >= 11 is 3.40. The second-order valence-corrected chi connectivity index (χ2v) is 9.69. The minimum atomic E-state index is -0.945. The first-order chi connectivity index (χ1) is 14.3. The Balaban J connectivity index is 1.61. The van der Waals surface area contributed by atoms with Gasteiger partial charge >= 0.3 is 0 Å². The van der Waals surface area contributed by atoms with Gasteiger partial charge in [-0.05, 0) is 54.7 Å². The van der Waals surface area contributed by atoms with E-state index in [1.54, 1.807) is 6.07 Å². The van der Waals surface area contributed by atoms with Crippen LogP contribution in [-0.4, -0.2) is 28.7 Å². The van der Waals surface area contributed by atoms with Gasteiger partial charge in [-0.1, -0.05) is 76.6 Å². The average molecular weight is 468 g/mol. The van der Waals surface area contributed by atoms with Crippen molar-refractivity contribution >= 4 is 15.9 Å². The van der Waals surface area contributed by atoms with Gasteiger partial charge in [0.2, 0.25) is 0 Å². The summed E-state index contributed by atoms with van der Waals surface area (Å²) in [5.41, 5.74) is 2.42. The van der Waals surface area contributed by atoms with Crippen molar-refractivity contribution in [1.82, 2.24) is 4.90 Å². The number of hydrogen-bond donors (Lipinski definition) is 1. The normalized spacial score (nSPS) is 16.5. The van der Waals surface area contributed by atoms with E-state index in [2.05, 4.69) is 69.4 Å². The molecule has 1 aliphatic heterocycles. The van der Waals surface area contributed by atoms with Gasteiger partial charge in [0.1, 0.15) is 5.82 Å². The Labute approximate surface area is 186 Å². The average Bonchev–Trinajstić information content (AvgIpc) is 2.66. The fourth-order valence-corrected chi connectivity index (χ4v) is 5.35. The molecular weight excluding hydrogens is 441 g/mol. The third-order valence-electron chi connectivity index (χ3n) is 6.01. The fraction of sp³-hybridized carbons (Fsp3) is 0.308. The van der Waals surface area contributed by atoms with E-state index in [1.165, 1.54) is 17.2 Å². The lowest BCUT2D eigenvalue weighted by Crippen LogP contribution is -2.54. The third kappa shape index (κ3) is 4.51. The largest absolute Gasteiger partial charge is 0.390 e. The Kier molecular flexibility index (Phi) is 6.10. The van der Waals surface area contributed by atoms with Crippen molar-refractivity contribution in [3.8, 4) is 0 Å². The van der Waals surface area contributed by atoms with Gasteiger partial charge in [-0.15, -0.1) is 0 Å². The summed E-state index contributed by atoms with van der Waals surface area (Å²) < 4.78 is 14.8. The van der Waals surface area contributed by atoms with Crippen LogP contribution in [0.15, 0.2) is 83.3 Å². The van der Waals surface area contributed by atoms with E-state index in [4.69, 9.17) is 0 Å². The van der Waals surface area contributed by atoms with Crippen LogP contribution in [0.5, 0.6) is 0 Å². The topological polar surface area (TPSA) is 23.5 Å². The lowest BCUT2D eigenvalue weighted by Gasteiger charge is -2.50. The van der Waals surface area contributed by atoms with Crippen LogP contribution in [0.25, 0.3) is 0 Å². The summed E-state index contributed by atoms with van der Waals surface area (Å²) in [6, 6.07) is 26.2. The molecule has 0 spiro atoms. The zero-order valence-electron chi connectivity index (χ0n) is 17.3. The van der Waals surface area contributed by atoms with Gasteiger partial charge in [0, 0.05) is 23.5 Å². The summed E-state index contributed by atoms with van der Waals surface area (Å²) in [7, 11) is 0. The molecule has 0 radical (unpaired) electrons. The van der Waals surface area contributed by atoms with Crippen molar-refractivity contribution in [2.75, 3.05) is 13.1 Å². The van der Waals surface area contributed by atoms with Crippen LogP contribution in [0.1, 0.15) is 42.5 Å². The van der Waals surface area contributed by atoms with E-state index in [1.807, 2.05) is 32.0 Å². The van der Waals surface area contributed by atoms with Crippen molar-refractivity contribution in [1.29, 1.82) is 0 Å². The first-order valence-corrected chi connectivity index (χ1v) is 11.1. The molecule has 156 valence electrons. The molecule has 1 heterocycles. The Bertz CT molecular complexity index is 921. The maximum Gasteiger partial charge on any atom is 0.124 e. The third-order valence-corrected chi connectivity index (χ3v) is 6.47. The lowest BCUT2D eigenvalue weighted by atomic mass is 9.71. The standard InChI is InChI=1S/C26H27BrFNO/c1-26(2,30)24(20-13-22(27)15-23(28)14-20)21-16-29(17-21)25(18-9-5-3-6-10-18)19-11-7-4-8-12-19/h3-15,21,24-25,30H,16-17H2,1-2H3. The summed E-state index contributed by atoms with van der Waals surface area (Å²) in [5.74, 6) is -0.183. The van der Waals surface area contributed by atoms with Crippen molar-refractivity contribution in [2.45, 2.75) is 31.4 Å². The highest BCUT2D eigenvalue weighted by Crippen LogP contribution is 2.44. The van der Waals surface area contributed by atoms with Gasteiger partial charge in [-0.2, -0.15) is 0 Å². The SMILES string of the molecule is CC(C)(O)C(c1cc(F)cc(Br)c1)C1CN(C(c2ccccc2)c2ccccc2)C1. The van der Waals surface area contributed by atoms with Crippen molar-refractivity contribution in [3.63, 3.8) is 0 Å². The minimum Gasteiger partial charge on any atom is -0.390 e. The molecule has 1 fully saturated rings. The molecule has 1 aliphatic rings. The molecule has 30 heavy (non-hydrogen) atoms. The summed E-state index contributed by atoms with van der Waals surface area (Å²) in [4.78, 5) is 2.45. The molecular formula is C26H27BrFNO. The van der Waals surface area contributed by atoms with Gasteiger partial charge in [-0.3, -0.25) is 4.90 Å². The Hall–Kier alpha value is -2.01. The monoisotopic (exact) mass is 467 g/mol. The zero-order valence-corrected chi connectivity index (χ0v) is 18.9. The van der Waals surface area contributed by atoms with Gasteiger partial charge in [0.25, 0.3) is 0 Å². The van der Waals surface area contributed by atoms with E-state index in [0.29, 0.717) is 4.47 Å². The quantitative estimate of drug-likeness (QED) is 0.468. The number of likely N-dealkylation sites (tertiary alicyclic amines) is 1. The number of hydrogen-bond acceptors (Lipinski definition) is 2. The molecule has 3 aromatic carbocycles. The van der Waals surface area contributed by atoms with E-state index in [-0.39, 0.29) is 23.7 Å². The smallest absolute Gasteiger partial charge is 0.124 e. The highest BCUT2D eigenvalue weighted by atomic mass is 79.9. The first kappa shape index (κ1) is 21.2. The molecule has 4 rings (SSSR count). The molecule has 0 amide bonds. The predicted molar refractivity (Wildman–Crippen MR) is 123 cm³/mol. The van der Waals surface area contributed by atoms with E-state index in [9.17, 15) is 9.50 Å². The molecule has 0 aromatic heterocycles. The number of aliphatic hydroxyl groups is 1. The Morgan fingerprint density at radius 2 is 1.43 bits per heavy atom. The number of nitrogens with zero attached hydrogens (tertiary/aromatic N) is 1. The van der Waals surface area contributed by atoms with Gasteiger partial charge in [0.05, 0.1) is 11.6 Å².